The number of aromatic nitrogens is 3. The van der Waals surface area contributed by atoms with Crippen LogP contribution in [0.2, 0.25) is 0 Å². The molecule has 0 aliphatic heterocycles. The Hall–Kier alpha value is -2.70. The Bertz CT molecular complexity index is 916. The minimum atomic E-state index is -4.48. The molecule has 2 heterocycles. The highest BCUT2D eigenvalue weighted by Gasteiger charge is 2.31. The van der Waals surface area contributed by atoms with Gasteiger partial charge in [-0.05, 0) is 30.7 Å². The number of nitrogens with zero attached hydrogens (tertiary/aromatic N) is 2. The Labute approximate surface area is 122 Å². The molecule has 0 saturated heterocycles. The van der Waals surface area contributed by atoms with Crippen LogP contribution in [0.25, 0.3) is 22.4 Å². The highest BCUT2D eigenvalue weighted by Crippen LogP contribution is 2.30. The Morgan fingerprint density at radius 1 is 1.18 bits per heavy atom. The summed E-state index contributed by atoms with van der Waals surface area (Å²) in [5.41, 5.74) is -0.0812. The number of para-hydroxylation sites is 1. The third kappa shape index (κ3) is 2.45. The van der Waals surface area contributed by atoms with Crippen LogP contribution in [0, 0.1) is 6.92 Å². The van der Waals surface area contributed by atoms with E-state index in [0.29, 0.717) is 10.9 Å². The van der Waals surface area contributed by atoms with Crippen molar-refractivity contribution in [1.29, 1.82) is 0 Å². The van der Waals surface area contributed by atoms with Crippen molar-refractivity contribution in [1.82, 2.24) is 15.0 Å². The van der Waals surface area contributed by atoms with Crippen LogP contribution in [-0.2, 0) is 6.18 Å². The summed E-state index contributed by atoms with van der Waals surface area (Å²) in [6.07, 6.45) is -3.44. The van der Waals surface area contributed by atoms with Gasteiger partial charge in [-0.1, -0.05) is 12.1 Å². The van der Waals surface area contributed by atoms with Crippen LogP contribution in [0.5, 0.6) is 0 Å². The number of aromatic amines is 1. The SMILES string of the molecule is Cc1cccc2c(=O)[nH]c(-c3cc(C(F)(F)F)ccn3)nc12. The number of alkyl halides is 3. The molecule has 2 aromatic heterocycles. The average molecular weight is 305 g/mol. The summed E-state index contributed by atoms with van der Waals surface area (Å²) in [4.78, 5) is 22.6. The fraction of sp³-hybridized carbons (Fsp3) is 0.133. The van der Waals surface area contributed by atoms with Crippen LogP contribution < -0.4 is 5.56 Å². The molecule has 0 bridgehead atoms. The van der Waals surface area contributed by atoms with E-state index in [9.17, 15) is 18.0 Å². The van der Waals surface area contributed by atoms with Gasteiger partial charge in [0.25, 0.3) is 5.56 Å². The minimum absolute atomic E-state index is 0.0119. The lowest BCUT2D eigenvalue weighted by Gasteiger charge is -2.08. The van der Waals surface area contributed by atoms with Gasteiger partial charge >= 0.3 is 6.18 Å². The van der Waals surface area contributed by atoms with Gasteiger partial charge in [-0.2, -0.15) is 13.2 Å². The third-order valence-electron chi connectivity index (χ3n) is 3.27. The molecule has 1 N–H and O–H groups in total. The van der Waals surface area contributed by atoms with E-state index < -0.39 is 17.3 Å². The van der Waals surface area contributed by atoms with E-state index in [1.54, 1.807) is 25.1 Å². The second-order valence-corrected chi connectivity index (χ2v) is 4.81. The number of fused-ring (bicyclic) bond motifs is 1. The number of pyridine rings is 1. The Kier molecular flexibility index (Phi) is 3.20. The highest BCUT2D eigenvalue weighted by molar-refractivity contribution is 5.82. The summed E-state index contributed by atoms with van der Waals surface area (Å²) in [5.74, 6) is 0.0119. The van der Waals surface area contributed by atoms with Crippen molar-refractivity contribution in [2.75, 3.05) is 0 Å². The molecule has 0 fully saturated rings. The Balaban J connectivity index is 2.23. The molecule has 0 unspecified atom stereocenters. The number of hydrogen-bond acceptors (Lipinski definition) is 3. The first-order valence-corrected chi connectivity index (χ1v) is 6.39. The van der Waals surface area contributed by atoms with Crippen molar-refractivity contribution in [3.05, 3.63) is 58.0 Å². The minimum Gasteiger partial charge on any atom is -0.305 e. The zero-order valence-electron chi connectivity index (χ0n) is 11.4. The van der Waals surface area contributed by atoms with Crippen LogP contribution in [0.15, 0.2) is 41.3 Å². The third-order valence-corrected chi connectivity index (χ3v) is 3.27. The quantitative estimate of drug-likeness (QED) is 0.750. The van der Waals surface area contributed by atoms with Gasteiger partial charge in [0.1, 0.15) is 5.69 Å². The smallest absolute Gasteiger partial charge is 0.305 e. The molecule has 112 valence electrons. The number of benzene rings is 1. The number of rotatable bonds is 1. The lowest BCUT2D eigenvalue weighted by atomic mass is 10.1. The summed E-state index contributed by atoms with van der Waals surface area (Å²) in [5, 5.41) is 0.385. The molecule has 0 aliphatic carbocycles. The van der Waals surface area contributed by atoms with Crippen molar-refractivity contribution in [2.45, 2.75) is 13.1 Å². The summed E-state index contributed by atoms with van der Waals surface area (Å²) in [7, 11) is 0. The van der Waals surface area contributed by atoms with E-state index >= 15 is 0 Å². The molecule has 0 saturated carbocycles. The van der Waals surface area contributed by atoms with Crippen LogP contribution in [0.4, 0.5) is 13.2 Å². The summed E-state index contributed by atoms with van der Waals surface area (Å²) in [6, 6.07) is 6.84. The number of hydrogen-bond donors (Lipinski definition) is 1. The first-order valence-electron chi connectivity index (χ1n) is 6.39. The molecule has 22 heavy (non-hydrogen) atoms. The first kappa shape index (κ1) is 14.2. The highest BCUT2D eigenvalue weighted by atomic mass is 19.4. The van der Waals surface area contributed by atoms with Crippen molar-refractivity contribution in [2.24, 2.45) is 0 Å². The van der Waals surface area contributed by atoms with Gasteiger partial charge in [0.2, 0.25) is 0 Å². The molecule has 0 amide bonds. The van der Waals surface area contributed by atoms with Crippen LogP contribution in [-0.4, -0.2) is 15.0 Å². The van der Waals surface area contributed by atoms with Gasteiger partial charge in [0.05, 0.1) is 16.5 Å². The van der Waals surface area contributed by atoms with E-state index in [4.69, 9.17) is 0 Å². The van der Waals surface area contributed by atoms with E-state index in [-0.39, 0.29) is 11.5 Å². The van der Waals surface area contributed by atoms with E-state index in [2.05, 4.69) is 15.0 Å². The summed E-state index contributed by atoms with van der Waals surface area (Å²) >= 11 is 0. The number of nitrogens with one attached hydrogen (secondary N) is 1. The molecular formula is C15H10F3N3O. The predicted molar refractivity (Wildman–Crippen MR) is 75.3 cm³/mol. The number of aryl methyl sites for hydroxylation is 1. The maximum Gasteiger partial charge on any atom is 0.416 e. The van der Waals surface area contributed by atoms with Gasteiger partial charge in [-0.25, -0.2) is 4.98 Å². The first-order chi connectivity index (χ1) is 10.4. The molecule has 1 aromatic carbocycles. The molecule has 3 aromatic rings. The Morgan fingerprint density at radius 3 is 2.68 bits per heavy atom. The molecular weight excluding hydrogens is 295 g/mol. The van der Waals surface area contributed by atoms with Gasteiger partial charge in [-0.3, -0.25) is 9.78 Å². The molecule has 0 aliphatic rings. The van der Waals surface area contributed by atoms with Crippen molar-refractivity contribution in [3.63, 3.8) is 0 Å². The Morgan fingerprint density at radius 2 is 1.95 bits per heavy atom. The normalized spacial score (nSPS) is 11.8. The maximum absolute atomic E-state index is 12.8. The zero-order chi connectivity index (χ0) is 15.9. The second-order valence-electron chi connectivity index (χ2n) is 4.81. The average Bonchev–Trinajstić information content (AvgIpc) is 2.47. The van der Waals surface area contributed by atoms with Crippen LogP contribution in [0.1, 0.15) is 11.1 Å². The molecule has 3 rings (SSSR count). The largest absolute Gasteiger partial charge is 0.416 e. The van der Waals surface area contributed by atoms with E-state index in [1.807, 2.05) is 0 Å². The molecule has 0 spiro atoms. The molecule has 0 radical (unpaired) electrons. The van der Waals surface area contributed by atoms with E-state index in [0.717, 1.165) is 23.9 Å². The standard InChI is InChI=1S/C15H10F3N3O/c1-8-3-2-4-10-12(8)20-13(21-14(10)22)11-7-9(5-6-19-11)15(16,17)18/h2-7H,1H3,(H,20,21,22). The van der Waals surface area contributed by atoms with E-state index in [1.165, 1.54) is 0 Å². The van der Waals surface area contributed by atoms with Crippen molar-refractivity contribution < 1.29 is 13.2 Å². The number of H-pyrrole nitrogens is 1. The lowest BCUT2D eigenvalue weighted by molar-refractivity contribution is -0.137. The van der Waals surface area contributed by atoms with Gasteiger partial charge in [0, 0.05) is 6.20 Å². The monoisotopic (exact) mass is 305 g/mol. The van der Waals surface area contributed by atoms with Crippen LogP contribution in [0.3, 0.4) is 0 Å². The van der Waals surface area contributed by atoms with Crippen LogP contribution >= 0.6 is 0 Å². The molecule has 4 nitrogen and oxygen atoms in total. The lowest BCUT2D eigenvalue weighted by Crippen LogP contribution is -2.11. The molecule has 0 atom stereocenters. The fourth-order valence-corrected chi connectivity index (χ4v) is 2.16. The van der Waals surface area contributed by atoms with Crippen molar-refractivity contribution >= 4 is 10.9 Å². The summed E-state index contributed by atoms with van der Waals surface area (Å²) in [6.45, 7) is 1.78. The fourth-order valence-electron chi connectivity index (χ4n) is 2.16. The number of halogens is 3. The summed E-state index contributed by atoms with van der Waals surface area (Å²) < 4.78 is 38.3. The van der Waals surface area contributed by atoms with Crippen molar-refractivity contribution in [3.8, 4) is 11.5 Å². The van der Waals surface area contributed by atoms with Gasteiger partial charge in [-0.15, -0.1) is 0 Å². The predicted octanol–water partition coefficient (Wildman–Crippen LogP) is 3.31. The topological polar surface area (TPSA) is 58.6 Å². The van der Waals surface area contributed by atoms with Gasteiger partial charge < -0.3 is 4.98 Å². The zero-order valence-corrected chi connectivity index (χ0v) is 11.4. The molecule has 7 heteroatoms. The van der Waals surface area contributed by atoms with Gasteiger partial charge in [0.15, 0.2) is 5.82 Å². The second kappa shape index (κ2) is 4.94. The maximum atomic E-state index is 12.8.